The van der Waals surface area contributed by atoms with Crippen LogP contribution in [0.3, 0.4) is 0 Å². The number of aliphatic hydroxyl groups excluding tert-OH is 1. The summed E-state index contributed by atoms with van der Waals surface area (Å²) in [7, 11) is -2.06. The number of aliphatic hydroxyl groups is 1. The fraction of sp³-hybridized carbons (Fsp3) is 0.435. The zero-order chi connectivity index (χ0) is 23.1. The molecule has 2 rings (SSSR count). The molecule has 0 saturated heterocycles. The maximum Gasteiger partial charge on any atom is 0.240 e. The second kappa shape index (κ2) is 12.5. The third kappa shape index (κ3) is 8.34. The summed E-state index contributed by atoms with van der Waals surface area (Å²) in [6.45, 7) is 9.83. The number of aliphatic imine (C=N–C) groups is 1. The van der Waals surface area contributed by atoms with Gasteiger partial charge in [-0.25, -0.2) is 18.1 Å². The van der Waals surface area contributed by atoms with E-state index >= 15 is 0 Å². The largest absolute Gasteiger partial charge is 0.387 e. The van der Waals surface area contributed by atoms with Crippen LogP contribution in [0, 0.1) is 0 Å². The van der Waals surface area contributed by atoms with E-state index in [1.165, 1.54) is 12.6 Å². The van der Waals surface area contributed by atoms with Crippen LogP contribution in [0.5, 0.6) is 0 Å². The summed E-state index contributed by atoms with van der Waals surface area (Å²) in [4.78, 5) is 4.74. The fourth-order valence-electron chi connectivity index (χ4n) is 2.92. The second-order valence-corrected chi connectivity index (χ2v) is 10.2. The van der Waals surface area contributed by atoms with Crippen molar-refractivity contribution in [2.75, 3.05) is 20.1 Å². The molecule has 9 heteroatoms. The third-order valence-corrected chi connectivity index (χ3v) is 6.32. The van der Waals surface area contributed by atoms with Crippen LogP contribution in [0.15, 0.2) is 58.4 Å². The summed E-state index contributed by atoms with van der Waals surface area (Å²) in [6, 6.07) is 14.6. The highest BCUT2D eigenvalue weighted by molar-refractivity contribution is 14.0. The monoisotopic (exact) mass is 574 g/mol. The molecule has 0 radical (unpaired) electrons. The summed E-state index contributed by atoms with van der Waals surface area (Å²) in [5, 5.41) is 16.9. The Balaban J connectivity index is 0.00000512. The molecule has 0 bridgehead atoms. The van der Waals surface area contributed by atoms with Gasteiger partial charge < -0.3 is 15.7 Å². The lowest BCUT2D eigenvalue weighted by atomic mass is 9.86. The molecular formula is C23H35IN4O3S. The van der Waals surface area contributed by atoms with Crippen LogP contribution in [0.1, 0.15) is 50.5 Å². The lowest BCUT2D eigenvalue weighted by molar-refractivity contribution is 0.181. The van der Waals surface area contributed by atoms with Gasteiger partial charge >= 0.3 is 0 Å². The van der Waals surface area contributed by atoms with Gasteiger partial charge in [0.2, 0.25) is 10.0 Å². The van der Waals surface area contributed by atoms with Crippen molar-refractivity contribution in [1.29, 1.82) is 0 Å². The highest BCUT2D eigenvalue weighted by atomic mass is 127. The summed E-state index contributed by atoms with van der Waals surface area (Å²) in [6.07, 6.45) is -0.663. The number of rotatable bonds is 8. The van der Waals surface area contributed by atoms with Gasteiger partial charge in [0.15, 0.2) is 5.96 Å². The van der Waals surface area contributed by atoms with Gasteiger partial charge in [-0.15, -0.1) is 24.0 Å². The Morgan fingerprint density at radius 3 is 2.12 bits per heavy atom. The van der Waals surface area contributed by atoms with Crippen molar-refractivity contribution in [3.05, 3.63) is 65.2 Å². The number of hydrogen-bond acceptors (Lipinski definition) is 4. The Hall–Kier alpha value is -1.69. The van der Waals surface area contributed by atoms with Gasteiger partial charge in [0, 0.05) is 13.1 Å². The molecule has 1 unspecified atom stereocenters. The van der Waals surface area contributed by atoms with Gasteiger partial charge in [-0.1, -0.05) is 57.2 Å². The number of benzene rings is 2. The van der Waals surface area contributed by atoms with Crippen molar-refractivity contribution in [2.24, 2.45) is 4.99 Å². The summed E-state index contributed by atoms with van der Waals surface area (Å²) in [5.74, 6) is 0.583. The number of nitrogens with one attached hydrogen (secondary N) is 3. The molecule has 178 valence electrons. The maximum atomic E-state index is 11.8. The average molecular weight is 575 g/mol. The minimum atomic E-state index is -3.45. The molecule has 0 fully saturated rings. The fourth-order valence-corrected chi connectivity index (χ4v) is 3.65. The van der Waals surface area contributed by atoms with E-state index in [0.717, 1.165) is 11.1 Å². The molecule has 0 aromatic heterocycles. The lowest BCUT2D eigenvalue weighted by Gasteiger charge is -2.20. The van der Waals surface area contributed by atoms with E-state index in [-0.39, 0.29) is 34.3 Å². The van der Waals surface area contributed by atoms with E-state index in [1.807, 2.05) is 19.1 Å². The van der Waals surface area contributed by atoms with Crippen LogP contribution < -0.4 is 15.4 Å². The molecule has 0 heterocycles. The van der Waals surface area contributed by atoms with E-state index in [4.69, 9.17) is 0 Å². The first-order valence-electron chi connectivity index (χ1n) is 10.4. The van der Waals surface area contributed by atoms with Gasteiger partial charge in [0.25, 0.3) is 0 Å². The van der Waals surface area contributed by atoms with Gasteiger partial charge in [0.1, 0.15) is 0 Å². The van der Waals surface area contributed by atoms with E-state index in [9.17, 15) is 13.5 Å². The molecule has 0 spiro atoms. The first kappa shape index (κ1) is 28.3. The summed E-state index contributed by atoms with van der Waals surface area (Å²) < 4.78 is 25.9. The Morgan fingerprint density at radius 2 is 1.62 bits per heavy atom. The predicted molar refractivity (Wildman–Crippen MR) is 141 cm³/mol. The SMILES string of the molecule is CCNC(=NCc1ccc(S(=O)(=O)NC)cc1)NCC(O)c1ccc(C(C)(C)C)cc1.I. The zero-order valence-corrected chi connectivity index (χ0v) is 22.5. The van der Waals surface area contributed by atoms with Crippen LogP contribution in [-0.2, 0) is 22.0 Å². The standard InChI is InChI=1S/C23H34N4O3S.HI/c1-6-25-22(26-15-17-7-13-20(14-8-17)31(29,30)24-5)27-16-21(28)18-9-11-19(12-10-18)23(2,3)4;/h7-14,21,24,28H,6,15-16H2,1-5H3,(H2,25,26,27);1H. The van der Waals surface area contributed by atoms with Gasteiger partial charge in [-0.2, -0.15) is 0 Å². The van der Waals surface area contributed by atoms with Crippen molar-refractivity contribution in [3.8, 4) is 0 Å². The second-order valence-electron chi connectivity index (χ2n) is 8.32. The molecule has 0 aliphatic carbocycles. The van der Waals surface area contributed by atoms with E-state index in [1.54, 1.807) is 24.3 Å². The minimum Gasteiger partial charge on any atom is -0.387 e. The maximum absolute atomic E-state index is 11.8. The molecular weight excluding hydrogens is 539 g/mol. The lowest BCUT2D eigenvalue weighted by Crippen LogP contribution is -2.39. The predicted octanol–water partition coefficient (Wildman–Crippen LogP) is 3.30. The zero-order valence-electron chi connectivity index (χ0n) is 19.3. The molecule has 0 amide bonds. The molecule has 1 atom stereocenters. The van der Waals surface area contributed by atoms with Crippen LogP contribution >= 0.6 is 24.0 Å². The molecule has 0 saturated carbocycles. The van der Waals surface area contributed by atoms with Gasteiger partial charge in [-0.3, -0.25) is 0 Å². The number of guanidine groups is 1. The van der Waals surface area contributed by atoms with E-state index in [0.29, 0.717) is 25.6 Å². The van der Waals surface area contributed by atoms with E-state index in [2.05, 4.69) is 53.3 Å². The number of halogens is 1. The van der Waals surface area contributed by atoms with Crippen molar-refractivity contribution in [3.63, 3.8) is 0 Å². The quantitative estimate of drug-likeness (QED) is 0.220. The Bertz CT molecular complexity index is 970. The van der Waals surface area contributed by atoms with Crippen LogP contribution in [0.4, 0.5) is 0 Å². The van der Waals surface area contributed by atoms with Crippen LogP contribution in [0.2, 0.25) is 0 Å². The van der Waals surface area contributed by atoms with E-state index < -0.39 is 16.1 Å². The number of sulfonamides is 1. The van der Waals surface area contributed by atoms with Crippen molar-refractivity contribution >= 4 is 40.0 Å². The first-order valence-corrected chi connectivity index (χ1v) is 11.9. The molecule has 0 aliphatic heterocycles. The summed E-state index contributed by atoms with van der Waals surface area (Å²) in [5.41, 5.74) is 3.02. The average Bonchev–Trinajstić information content (AvgIpc) is 2.75. The molecule has 0 aliphatic rings. The Kier molecular flexibility index (Phi) is 11.1. The minimum absolute atomic E-state index is 0. The molecule has 2 aromatic carbocycles. The molecule has 7 nitrogen and oxygen atoms in total. The number of hydrogen-bond donors (Lipinski definition) is 4. The van der Waals surface area contributed by atoms with Gasteiger partial charge in [-0.05, 0) is 48.2 Å². The Labute approximate surface area is 209 Å². The van der Waals surface area contributed by atoms with Gasteiger partial charge in [0.05, 0.1) is 17.5 Å². The molecule has 2 aromatic rings. The topological polar surface area (TPSA) is 103 Å². The normalized spacial score (nSPS) is 13.2. The summed E-state index contributed by atoms with van der Waals surface area (Å²) >= 11 is 0. The Morgan fingerprint density at radius 1 is 1.03 bits per heavy atom. The highest BCUT2D eigenvalue weighted by Gasteiger charge is 2.15. The van der Waals surface area contributed by atoms with Crippen LogP contribution in [-0.4, -0.2) is 39.6 Å². The third-order valence-electron chi connectivity index (χ3n) is 4.89. The number of nitrogens with zero attached hydrogens (tertiary/aromatic N) is 1. The smallest absolute Gasteiger partial charge is 0.240 e. The first-order chi connectivity index (χ1) is 14.6. The van der Waals surface area contributed by atoms with Crippen molar-refractivity contribution in [1.82, 2.24) is 15.4 Å². The molecule has 32 heavy (non-hydrogen) atoms. The van der Waals surface area contributed by atoms with Crippen molar-refractivity contribution in [2.45, 2.75) is 50.7 Å². The van der Waals surface area contributed by atoms with Crippen molar-refractivity contribution < 1.29 is 13.5 Å². The molecule has 4 N–H and O–H groups in total. The van der Waals surface area contributed by atoms with Crippen LogP contribution in [0.25, 0.3) is 0 Å². The highest BCUT2D eigenvalue weighted by Crippen LogP contribution is 2.23.